The van der Waals surface area contributed by atoms with E-state index in [0.717, 1.165) is 10.0 Å². The van der Waals surface area contributed by atoms with Crippen molar-refractivity contribution in [2.75, 3.05) is 10.6 Å². The first-order chi connectivity index (χ1) is 10.4. The predicted octanol–water partition coefficient (Wildman–Crippen LogP) is 3.86. The molecule has 0 bridgehead atoms. The van der Waals surface area contributed by atoms with E-state index in [-0.39, 0.29) is 6.42 Å². The van der Waals surface area contributed by atoms with Crippen LogP contribution < -0.4 is 10.6 Å². The third-order valence-electron chi connectivity index (χ3n) is 2.87. The van der Waals surface area contributed by atoms with Gasteiger partial charge in [0, 0.05) is 15.8 Å². The maximum atomic E-state index is 13.0. The Balaban J connectivity index is 1.91. The van der Waals surface area contributed by atoms with E-state index in [1.54, 1.807) is 18.2 Å². The minimum absolute atomic E-state index is 0.317. The van der Waals surface area contributed by atoms with Gasteiger partial charge in [0.1, 0.15) is 12.2 Å². The molecular formula is C16H14BrFN2O2. The van der Waals surface area contributed by atoms with Crippen LogP contribution in [0.2, 0.25) is 0 Å². The zero-order chi connectivity index (χ0) is 16.1. The fourth-order valence-electron chi connectivity index (χ4n) is 1.84. The fourth-order valence-corrected chi connectivity index (χ4v) is 2.09. The molecule has 0 spiro atoms. The van der Waals surface area contributed by atoms with Crippen molar-refractivity contribution >= 4 is 39.1 Å². The maximum absolute atomic E-state index is 13.0. The second-order valence-corrected chi connectivity index (χ2v) is 5.60. The van der Waals surface area contributed by atoms with E-state index in [1.807, 2.05) is 13.0 Å². The Hall–Kier alpha value is -2.21. The number of halogens is 2. The van der Waals surface area contributed by atoms with Gasteiger partial charge < -0.3 is 10.6 Å². The summed E-state index contributed by atoms with van der Waals surface area (Å²) in [7, 11) is 0. The lowest BCUT2D eigenvalue weighted by molar-refractivity contribution is -0.123. The Morgan fingerprint density at radius 1 is 1.05 bits per heavy atom. The average molecular weight is 365 g/mol. The van der Waals surface area contributed by atoms with Crippen LogP contribution in [0.4, 0.5) is 15.8 Å². The summed E-state index contributed by atoms with van der Waals surface area (Å²) in [6, 6.07) is 10.8. The largest absolute Gasteiger partial charge is 0.326 e. The molecule has 0 saturated carbocycles. The van der Waals surface area contributed by atoms with Gasteiger partial charge in [0.2, 0.25) is 11.8 Å². The van der Waals surface area contributed by atoms with E-state index in [4.69, 9.17) is 0 Å². The van der Waals surface area contributed by atoms with Gasteiger partial charge >= 0.3 is 0 Å². The van der Waals surface area contributed by atoms with Crippen molar-refractivity contribution in [2.24, 2.45) is 0 Å². The molecular weight excluding hydrogens is 351 g/mol. The molecule has 0 atom stereocenters. The standard InChI is InChI=1S/C16H14BrFN2O2/c1-10-7-13(5-6-14(10)17)20-16(22)9-15(21)19-12-4-2-3-11(18)8-12/h2-8H,9H2,1H3,(H,19,21)(H,20,22). The molecule has 22 heavy (non-hydrogen) atoms. The van der Waals surface area contributed by atoms with Crippen LogP contribution in [-0.2, 0) is 9.59 Å². The highest BCUT2D eigenvalue weighted by molar-refractivity contribution is 9.10. The fraction of sp³-hybridized carbons (Fsp3) is 0.125. The van der Waals surface area contributed by atoms with Crippen molar-refractivity contribution in [1.29, 1.82) is 0 Å². The normalized spacial score (nSPS) is 10.1. The Bertz CT molecular complexity index is 719. The van der Waals surface area contributed by atoms with Gasteiger partial charge in [-0.25, -0.2) is 4.39 Å². The molecule has 0 aliphatic rings. The van der Waals surface area contributed by atoms with Gasteiger partial charge in [0.15, 0.2) is 0 Å². The number of hydrogen-bond donors (Lipinski definition) is 2. The lowest BCUT2D eigenvalue weighted by atomic mass is 10.2. The SMILES string of the molecule is Cc1cc(NC(=O)CC(=O)Nc2cccc(F)c2)ccc1Br. The molecule has 0 aliphatic carbocycles. The Morgan fingerprint density at radius 2 is 1.68 bits per heavy atom. The van der Waals surface area contributed by atoms with Crippen molar-refractivity contribution in [3.63, 3.8) is 0 Å². The molecule has 0 aromatic heterocycles. The van der Waals surface area contributed by atoms with Crippen molar-refractivity contribution in [3.8, 4) is 0 Å². The molecule has 0 unspecified atom stereocenters. The molecule has 0 fully saturated rings. The smallest absolute Gasteiger partial charge is 0.233 e. The molecule has 2 N–H and O–H groups in total. The first-order valence-electron chi connectivity index (χ1n) is 6.55. The number of nitrogens with one attached hydrogen (secondary N) is 2. The summed E-state index contributed by atoms with van der Waals surface area (Å²) >= 11 is 3.37. The second kappa shape index (κ2) is 7.17. The summed E-state index contributed by atoms with van der Waals surface area (Å²) in [6.07, 6.45) is -0.342. The summed E-state index contributed by atoms with van der Waals surface area (Å²) in [5, 5.41) is 5.12. The molecule has 114 valence electrons. The van der Waals surface area contributed by atoms with Crippen LogP contribution in [0.15, 0.2) is 46.9 Å². The van der Waals surface area contributed by atoms with Crippen LogP contribution in [0, 0.1) is 12.7 Å². The molecule has 2 rings (SSSR count). The lowest BCUT2D eigenvalue weighted by Crippen LogP contribution is -2.21. The van der Waals surface area contributed by atoms with Gasteiger partial charge in [-0.2, -0.15) is 0 Å². The van der Waals surface area contributed by atoms with Crippen molar-refractivity contribution < 1.29 is 14.0 Å². The highest BCUT2D eigenvalue weighted by Gasteiger charge is 2.10. The van der Waals surface area contributed by atoms with Gasteiger partial charge in [-0.15, -0.1) is 0 Å². The third kappa shape index (κ3) is 4.66. The molecule has 0 aliphatic heterocycles. The quantitative estimate of drug-likeness (QED) is 0.809. The number of carbonyl (C=O) groups is 2. The van der Waals surface area contributed by atoms with E-state index < -0.39 is 17.6 Å². The molecule has 0 saturated heterocycles. The molecule has 0 heterocycles. The van der Waals surface area contributed by atoms with E-state index >= 15 is 0 Å². The summed E-state index contributed by atoms with van der Waals surface area (Å²) in [5.74, 6) is -1.39. The number of anilines is 2. The van der Waals surface area contributed by atoms with E-state index in [0.29, 0.717) is 11.4 Å². The van der Waals surface area contributed by atoms with Crippen LogP contribution in [0.3, 0.4) is 0 Å². The summed E-state index contributed by atoms with van der Waals surface area (Å²) in [6.45, 7) is 1.90. The molecule has 4 nitrogen and oxygen atoms in total. The molecule has 0 radical (unpaired) electrons. The average Bonchev–Trinajstić information content (AvgIpc) is 2.42. The second-order valence-electron chi connectivity index (χ2n) is 4.75. The summed E-state index contributed by atoms with van der Waals surface area (Å²) < 4.78 is 13.9. The number of amides is 2. The number of aryl methyl sites for hydroxylation is 1. The Kier molecular flexibility index (Phi) is 5.27. The van der Waals surface area contributed by atoms with Crippen LogP contribution in [0.25, 0.3) is 0 Å². The first-order valence-corrected chi connectivity index (χ1v) is 7.35. The van der Waals surface area contributed by atoms with Gasteiger partial charge in [-0.05, 0) is 48.9 Å². The van der Waals surface area contributed by atoms with E-state index in [9.17, 15) is 14.0 Å². The van der Waals surface area contributed by atoms with Gasteiger partial charge in [-0.1, -0.05) is 22.0 Å². The molecule has 2 aromatic rings. The minimum atomic E-state index is -0.503. The number of rotatable bonds is 4. The number of hydrogen-bond acceptors (Lipinski definition) is 2. The number of carbonyl (C=O) groups excluding carboxylic acids is 2. The van der Waals surface area contributed by atoms with Crippen LogP contribution >= 0.6 is 15.9 Å². The zero-order valence-electron chi connectivity index (χ0n) is 11.8. The zero-order valence-corrected chi connectivity index (χ0v) is 13.4. The van der Waals surface area contributed by atoms with Crippen LogP contribution in [0.5, 0.6) is 0 Å². The maximum Gasteiger partial charge on any atom is 0.233 e. The highest BCUT2D eigenvalue weighted by atomic mass is 79.9. The number of benzene rings is 2. The van der Waals surface area contributed by atoms with Crippen molar-refractivity contribution in [3.05, 3.63) is 58.3 Å². The summed E-state index contributed by atoms with van der Waals surface area (Å²) in [5.41, 5.74) is 1.91. The third-order valence-corrected chi connectivity index (χ3v) is 3.76. The first kappa shape index (κ1) is 16.2. The van der Waals surface area contributed by atoms with E-state index in [2.05, 4.69) is 26.6 Å². The van der Waals surface area contributed by atoms with Gasteiger partial charge in [0.05, 0.1) is 0 Å². The van der Waals surface area contributed by atoms with Crippen LogP contribution in [-0.4, -0.2) is 11.8 Å². The van der Waals surface area contributed by atoms with Crippen molar-refractivity contribution in [2.45, 2.75) is 13.3 Å². The summed E-state index contributed by atoms with van der Waals surface area (Å²) in [4.78, 5) is 23.6. The minimum Gasteiger partial charge on any atom is -0.326 e. The van der Waals surface area contributed by atoms with Crippen LogP contribution in [0.1, 0.15) is 12.0 Å². The van der Waals surface area contributed by atoms with Gasteiger partial charge in [0.25, 0.3) is 0 Å². The predicted molar refractivity (Wildman–Crippen MR) is 87.2 cm³/mol. The Morgan fingerprint density at radius 3 is 2.27 bits per heavy atom. The molecule has 2 aromatic carbocycles. The van der Waals surface area contributed by atoms with Gasteiger partial charge in [-0.3, -0.25) is 9.59 Å². The monoisotopic (exact) mass is 364 g/mol. The molecule has 2 amide bonds. The molecule has 6 heteroatoms. The highest BCUT2D eigenvalue weighted by Crippen LogP contribution is 2.20. The van der Waals surface area contributed by atoms with E-state index in [1.165, 1.54) is 18.2 Å². The van der Waals surface area contributed by atoms with Crippen molar-refractivity contribution in [1.82, 2.24) is 0 Å². The Labute approximate surface area is 135 Å². The topological polar surface area (TPSA) is 58.2 Å². The lowest BCUT2D eigenvalue weighted by Gasteiger charge is -2.08.